The fourth-order valence-corrected chi connectivity index (χ4v) is 4.39. The number of aldehydes is 1. The Balaban J connectivity index is 1.82. The topological polar surface area (TPSA) is 84.5 Å². The van der Waals surface area contributed by atoms with Crippen molar-refractivity contribution in [2.24, 2.45) is 5.92 Å². The molecule has 0 saturated carbocycles. The highest BCUT2D eigenvalue weighted by Gasteiger charge is 2.24. The lowest BCUT2D eigenvalue weighted by Gasteiger charge is -2.22. The SMILES string of the molecule is CC(C)C[C@H](NC(=O)OCc1ccccc1)C(=O)NC(C=O)CCSCc1ccccc1Cl. The Hall–Kier alpha value is -2.51. The number of carbonyl (C=O) groups excluding carboxylic acids is 3. The van der Waals surface area contributed by atoms with Gasteiger partial charge < -0.3 is 20.2 Å². The normalized spacial score (nSPS) is 12.6. The predicted octanol–water partition coefficient (Wildman–Crippen LogP) is 4.99. The molecule has 0 spiro atoms. The van der Waals surface area contributed by atoms with Crippen LogP contribution in [0.1, 0.15) is 37.8 Å². The summed E-state index contributed by atoms with van der Waals surface area (Å²) in [7, 11) is 0. The number of alkyl carbamates (subject to hydrolysis) is 1. The molecule has 178 valence electrons. The number of carbonyl (C=O) groups is 3. The molecule has 0 aromatic heterocycles. The Bertz CT molecular complexity index is 895. The van der Waals surface area contributed by atoms with Crippen LogP contribution in [0.4, 0.5) is 4.79 Å². The number of amides is 2. The van der Waals surface area contributed by atoms with Crippen molar-refractivity contribution >= 4 is 41.6 Å². The van der Waals surface area contributed by atoms with E-state index in [1.165, 1.54) is 0 Å². The highest BCUT2D eigenvalue weighted by molar-refractivity contribution is 7.98. The van der Waals surface area contributed by atoms with Crippen LogP contribution >= 0.6 is 23.4 Å². The van der Waals surface area contributed by atoms with Gasteiger partial charge in [-0.1, -0.05) is 74.0 Å². The number of halogens is 1. The molecule has 2 amide bonds. The van der Waals surface area contributed by atoms with Crippen LogP contribution in [0.25, 0.3) is 0 Å². The number of ether oxygens (including phenoxy) is 1. The molecule has 0 aliphatic carbocycles. The van der Waals surface area contributed by atoms with Gasteiger partial charge in [0.25, 0.3) is 0 Å². The van der Waals surface area contributed by atoms with Crippen molar-refractivity contribution in [1.82, 2.24) is 10.6 Å². The second-order valence-corrected chi connectivity index (χ2v) is 9.58. The van der Waals surface area contributed by atoms with E-state index in [1.54, 1.807) is 11.8 Å². The predicted molar refractivity (Wildman–Crippen MR) is 133 cm³/mol. The summed E-state index contributed by atoms with van der Waals surface area (Å²) in [6, 6.07) is 15.5. The van der Waals surface area contributed by atoms with Crippen LogP contribution in [-0.4, -0.2) is 36.1 Å². The number of rotatable bonds is 13. The highest BCUT2D eigenvalue weighted by Crippen LogP contribution is 2.21. The second kappa shape index (κ2) is 14.6. The van der Waals surface area contributed by atoms with Crippen molar-refractivity contribution < 1.29 is 19.1 Å². The van der Waals surface area contributed by atoms with Crippen LogP contribution < -0.4 is 10.6 Å². The Morgan fingerprint density at radius 1 is 1.06 bits per heavy atom. The molecule has 2 aromatic carbocycles. The zero-order valence-electron chi connectivity index (χ0n) is 19.0. The quantitative estimate of drug-likeness (QED) is 0.305. The van der Waals surface area contributed by atoms with E-state index < -0.39 is 24.1 Å². The first-order valence-electron chi connectivity index (χ1n) is 10.9. The standard InChI is InChI=1S/C25H31ClN2O4S/c1-18(2)14-23(28-25(31)32-16-19-8-4-3-5-9-19)24(30)27-21(15-29)12-13-33-17-20-10-6-7-11-22(20)26/h3-11,15,18,21,23H,12-14,16-17H2,1-2H3,(H,27,30)(H,28,31)/t21?,23-/m0/s1. The molecule has 2 aromatic rings. The molecule has 1 unspecified atom stereocenters. The largest absolute Gasteiger partial charge is 0.445 e. The molecule has 8 heteroatoms. The smallest absolute Gasteiger partial charge is 0.408 e. The third-order valence-electron chi connectivity index (χ3n) is 4.81. The van der Waals surface area contributed by atoms with Gasteiger partial charge in [-0.2, -0.15) is 11.8 Å². The van der Waals surface area contributed by atoms with E-state index >= 15 is 0 Å². The Kier molecular flexibility index (Phi) is 11.8. The molecule has 0 heterocycles. The maximum absolute atomic E-state index is 12.8. The molecule has 2 atom stereocenters. The third kappa shape index (κ3) is 10.3. The van der Waals surface area contributed by atoms with Gasteiger partial charge in [-0.3, -0.25) is 4.79 Å². The average molecular weight is 491 g/mol. The number of benzene rings is 2. The van der Waals surface area contributed by atoms with Gasteiger partial charge in [0.2, 0.25) is 5.91 Å². The maximum atomic E-state index is 12.8. The first-order chi connectivity index (χ1) is 15.9. The Labute approximate surface area is 204 Å². The summed E-state index contributed by atoms with van der Waals surface area (Å²) in [5.41, 5.74) is 1.89. The van der Waals surface area contributed by atoms with E-state index in [-0.39, 0.29) is 12.5 Å². The van der Waals surface area contributed by atoms with E-state index in [0.717, 1.165) is 23.2 Å². The number of nitrogens with one attached hydrogen (secondary N) is 2. The fraction of sp³-hybridized carbons (Fsp3) is 0.400. The lowest BCUT2D eigenvalue weighted by molar-refractivity contribution is -0.126. The van der Waals surface area contributed by atoms with Crippen molar-refractivity contribution in [2.75, 3.05) is 5.75 Å². The van der Waals surface area contributed by atoms with E-state index in [2.05, 4.69) is 10.6 Å². The lowest BCUT2D eigenvalue weighted by Crippen LogP contribution is -2.50. The van der Waals surface area contributed by atoms with Crippen LogP contribution in [0, 0.1) is 5.92 Å². The van der Waals surface area contributed by atoms with Crippen LogP contribution in [0.3, 0.4) is 0 Å². The molecule has 0 radical (unpaired) electrons. The Morgan fingerprint density at radius 2 is 1.76 bits per heavy atom. The van der Waals surface area contributed by atoms with Gasteiger partial charge >= 0.3 is 6.09 Å². The summed E-state index contributed by atoms with van der Waals surface area (Å²) in [5.74, 6) is 1.17. The molecule has 0 saturated heterocycles. The number of hydrogen-bond donors (Lipinski definition) is 2. The summed E-state index contributed by atoms with van der Waals surface area (Å²) < 4.78 is 5.24. The molecule has 2 rings (SSSR count). The second-order valence-electron chi connectivity index (χ2n) is 8.07. The van der Waals surface area contributed by atoms with Crippen LogP contribution in [0.15, 0.2) is 54.6 Å². The summed E-state index contributed by atoms with van der Waals surface area (Å²) in [5, 5.41) is 6.09. The van der Waals surface area contributed by atoms with Crippen molar-refractivity contribution in [3.8, 4) is 0 Å². The first kappa shape index (κ1) is 26.7. The van der Waals surface area contributed by atoms with Crippen molar-refractivity contribution in [3.63, 3.8) is 0 Å². The molecule has 33 heavy (non-hydrogen) atoms. The number of hydrogen-bond acceptors (Lipinski definition) is 5. The molecular weight excluding hydrogens is 460 g/mol. The van der Waals surface area contributed by atoms with Crippen LogP contribution in [0.5, 0.6) is 0 Å². The summed E-state index contributed by atoms with van der Waals surface area (Å²) >= 11 is 7.81. The van der Waals surface area contributed by atoms with Crippen molar-refractivity contribution in [2.45, 2.75) is 51.1 Å². The van der Waals surface area contributed by atoms with Gasteiger partial charge in [0, 0.05) is 10.8 Å². The molecule has 0 fully saturated rings. The monoisotopic (exact) mass is 490 g/mol. The van der Waals surface area contributed by atoms with E-state index in [9.17, 15) is 14.4 Å². The zero-order valence-corrected chi connectivity index (χ0v) is 20.5. The first-order valence-corrected chi connectivity index (χ1v) is 12.5. The lowest BCUT2D eigenvalue weighted by atomic mass is 10.0. The van der Waals surface area contributed by atoms with Gasteiger partial charge in [0.1, 0.15) is 18.9 Å². The minimum atomic E-state index is -0.786. The summed E-state index contributed by atoms with van der Waals surface area (Å²) in [6.07, 6.45) is 0.974. The van der Waals surface area contributed by atoms with Crippen molar-refractivity contribution in [1.29, 1.82) is 0 Å². The van der Waals surface area contributed by atoms with Gasteiger partial charge in [0.05, 0.1) is 6.04 Å². The summed E-state index contributed by atoms with van der Waals surface area (Å²) in [6.45, 7) is 4.03. The minimum absolute atomic E-state index is 0.113. The molecule has 0 bridgehead atoms. The van der Waals surface area contributed by atoms with Gasteiger partial charge in [-0.05, 0) is 41.7 Å². The van der Waals surface area contributed by atoms with Crippen LogP contribution in [0.2, 0.25) is 5.02 Å². The zero-order chi connectivity index (χ0) is 24.1. The molecule has 0 aliphatic rings. The third-order valence-corrected chi connectivity index (χ3v) is 6.22. The molecule has 6 nitrogen and oxygen atoms in total. The molecular formula is C25H31ClN2O4S. The number of thioether (sulfide) groups is 1. The Morgan fingerprint density at radius 3 is 2.42 bits per heavy atom. The fourth-order valence-electron chi connectivity index (χ4n) is 3.08. The van der Waals surface area contributed by atoms with E-state index in [4.69, 9.17) is 16.3 Å². The van der Waals surface area contributed by atoms with E-state index in [1.807, 2.05) is 68.4 Å². The molecule has 0 aliphatic heterocycles. The van der Waals surface area contributed by atoms with Gasteiger partial charge in [-0.25, -0.2) is 4.79 Å². The minimum Gasteiger partial charge on any atom is -0.445 e. The van der Waals surface area contributed by atoms with Gasteiger partial charge in [-0.15, -0.1) is 0 Å². The van der Waals surface area contributed by atoms with Gasteiger partial charge in [0.15, 0.2) is 0 Å². The van der Waals surface area contributed by atoms with E-state index in [0.29, 0.717) is 23.6 Å². The molecule has 2 N–H and O–H groups in total. The maximum Gasteiger partial charge on any atom is 0.408 e. The average Bonchev–Trinajstić information content (AvgIpc) is 2.80. The van der Waals surface area contributed by atoms with Crippen molar-refractivity contribution in [3.05, 3.63) is 70.7 Å². The van der Waals surface area contributed by atoms with Crippen LogP contribution in [-0.2, 0) is 26.7 Å². The summed E-state index contributed by atoms with van der Waals surface area (Å²) in [4.78, 5) is 36.6. The highest BCUT2D eigenvalue weighted by atomic mass is 35.5.